The summed E-state index contributed by atoms with van der Waals surface area (Å²) in [4.78, 5) is 6.57. The minimum Gasteiger partial charge on any atom is -0.347 e. The summed E-state index contributed by atoms with van der Waals surface area (Å²) in [5.74, 6) is -0.475. The van der Waals surface area contributed by atoms with E-state index >= 15 is 0 Å². The number of sulfonamides is 1. The van der Waals surface area contributed by atoms with Gasteiger partial charge < -0.3 is 4.98 Å². The Morgan fingerprint density at radius 3 is 2.59 bits per heavy atom. The molecule has 0 spiro atoms. The Labute approximate surface area is 97.8 Å². The number of nitrogens with one attached hydrogen (secondary N) is 2. The van der Waals surface area contributed by atoms with E-state index in [2.05, 4.69) is 14.7 Å². The minimum atomic E-state index is -3.62. The third kappa shape index (κ3) is 2.89. The molecule has 0 aliphatic carbocycles. The summed E-state index contributed by atoms with van der Waals surface area (Å²) < 4.78 is 38.6. The topological polar surface area (TPSA) is 74.8 Å². The molecular weight excluding hydrogens is 245 g/mol. The molecule has 0 saturated carbocycles. The summed E-state index contributed by atoms with van der Waals surface area (Å²) in [7, 11) is -3.62. The molecule has 2 aromatic rings. The maximum absolute atomic E-state index is 12.7. The molecule has 0 unspecified atom stereocenters. The standard InChI is InChI=1S/C10H10FN3O2S/c11-8-1-3-10(4-2-8)17(15,16)14-6-9-5-12-7-13-9/h1-5,7,14H,6H2,(H,12,13). The van der Waals surface area contributed by atoms with Gasteiger partial charge in [-0.2, -0.15) is 0 Å². The maximum Gasteiger partial charge on any atom is 0.240 e. The minimum absolute atomic E-state index is 0.0263. The molecule has 0 aliphatic rings. The van der Waals surface area contributed by atoms with Crippen LogP contribution in [0.25, 0.3) is 0 Å². The molecule has 90 valence electrons. The normalized spacial score (nSPS) is 11.6. The predicted octanol–water partition coefficient (Wildman–Crippen LogP) is 1.03. The van der Waals surface area contributed by atoms with E-state index in [0.717, 1.165) is 12.1 Å². The highest BCUT2D eigenvalue weighted by atomic mass is 32.2. The number of hydrogen-bond acceptors (Lipinski definition) is 3. The molecule has 5 nitrogen and oxygen atoms in total. The number of imidazole rings is 1. The highest BCUT2D eigenvalue weighted by molar-refractivity contribution is 7.89. The van der Waals surface area contributed by atoms with E-state index in [1.165, 1.54) is 24.7 Å². The Hall–Kier alpha value is -1.73. The Morgan fingerprint density at radius 1 is 1.29 bits per heavy atom. The Bertz CT molecular complexity index is 579. The number of aromatic nitrogens is 2. The third-order valence-corrected chi connectivity index (χ3v) is 3.55. The van der Waals surface area contributed by atoms with Crippen molar-refractivity contribution in [1.82, 2.24) is 14.7 Å². The predicted molar refractivity (Wildman–Crippen MR) is 59.0 cm³/mol. The Kier molecular flexibility index (Phi) is 3.21. The number of hydrogen-bond donors (Lipinski definition) is 2. The van der Waals surface area contributed by atoms with Crippen molar-refractivity contribution in [2.45, 2.75) is 11.4 Å². The average molecular weight is 255 g/mol. The van der Waals surface area contributed by atoms with E-state index < -0.39 is 15.8 Å². The molecule has 0 saturated heterocycles. The van der Waals surface area contributed by atoms with Crippen molar-refractivity contribution >= 4 is 10.0 Å². The van der Waals surface area contributed by atoms with Crippen molar-refractivity contribution in [2.24, 2.45) is 0 Å². The van der Waals surface area contributed by atoms with Gasteiger partial charge in [-0.05, 0) is 24.3 Å². The van der Waals surface area contributed by atoms with Crippen LogP contribution in [0.1, 0.15) is 5.69 Å². The van der Waals surface area contributed by atoms with Gasteiger partial charge >= 0.3 is 0 Å². The van der Waals surface area contributed by atoms with Crippen LogP contribution in [-0.4, -0.2) is 18.4 Å². The van der Waals surface area contributed by atoms with Crippen LogP contribution in [0.15, 0.2) is 41.7 Å². The Balaban J connectivity index is 2.11. The molecule has 0 atom stereocenters. The van der Waals surface area contributed by atoms with Crippen LogP contribution in [0.4, 0.5) is 4.39 Å². The lowest BCUT2D eigenvalue weighted by Gasteiger charge is -2.05. The molecule has 0 bridgehead atoms. The molecule has 1 heterocycles. The number of rotatable bonds is 4. The van der Waals surface area contributed by atoms with Crippen LogP contribution in [0.3, 0.4) is 0 Å². The highest BCUT2D eigenvalue weighted by Gasteiger charge is 2.13. The zero-order valence-electron chi connectivity index (χ0n) is 8.72. The summed E-state index contributed by atoms with van der Waals surface area (Å²) >= 11 is 0. The van der Waals surface area contributed by atoms with Gasteiger partial charge in [0.25, 0.3) is 0 Å². The van der Waals surface area contributed by atoms with Crippen molar-refractivity contribution in [1.29, 1.82) is 0 Å². The SMILES string of the molecule is O=S(=O)(NCc1cnc[nH]1)c1ccc(F)cc1. The van der Waals surface area contributed by atoms with E-state index in [9.17, 15) is 12.8 Å². The second kappa shape index (κ2) is 4.64. The highest BCUT2D eigenvalue weighted by Crippen LogP contribution is 2.09. The van der Waals surface area contributed by atoms with E-state index in [4.69, 9.17) is 0 Å². The van der Waals surface area contributed by atoms with Gasteiger partial charge in [0.2, 0.25) is 10.0 Å². The molecule has 2 N–H and O–H groups in total. The Morgan fingerprint density at radius 2 is 2.00 bits per heavy atom. The van der Waals surface area contributed by atoms with E-state index in [1.54, 1.807) is 0 Å². The monoisotopic (exact) mass is 255 g/mol. The van der Waals surface area contributed by atoms with Crippen molar-refractivity contribution in [3.05, 3.63) is 48.3 Å². The number of H-pyrrole nitrogens is 1. The van der Waals surface area contributed by atoms with Crippen LogP contribution in [0.5, 0.6) is 0 Å². The van der Waals surface area contributed by atoms with Gasteiger partial charge in [-0.1, -0.05) is 0 Å². The second-order valence-electron chi connectivity index (χ2n) is 3.36. The zero-order chi connectivity index (χ0) is 12.3. The fourth-order valence-corrected chi connectivity index (χ4v) is 2.26. The molecule has 2 rings (SSSR count). The van der Waals surface area contributed by atoms with Gasteiger partial charge in [0.1, 0.15) is 5.82 Å². The zero-order valence-corrected chi connectivity index (χ0v) is 9.54. The van der Waals surface area contributed by atoms with Gasteiger partial charge in [0, 0.05) is 11.9 Å². The quantitative estimate of drug-likeness (QED) is 0.856. The molecular formula is C10H10FN3O2S. The first-order valence-corrected chi connectivity index (χ1v) is 6.29. The van der Waals surface area contributed by atoms with Gasteiger partial charge in [-0.3, -0.25) is 0 Å². The lowest BCUT2D eigenvalue weighted by molar-refractivity contribution is 0.579. The van der Waals surface area contributed by atoms with Crippen molar-refractivity contribution in [3.63, 3.8) is 0 Å². The van der Waals surface area contributed by atoms with Crippen LogP contribution < -0.4 is 4.72 Å². The molecule has 0 amide bonds. The first-order chi connectivity index (χ1) is 8.08. The first-order valence-electron chi connectivity index (χ1n) is 4.80. The smallest absolute Gasteiger partial charge is 0.240 e. The van der Waals surface area contributed by atoms with E-state index in [-0.39, 0.29) is 11.4 Å². The number of nitrogens with zero attached hydrogens (tertiary/aromatic N) is 1. The van der Waals surface area contributed by atoms with Crippen LogP contribution >= 0.6 is 0 Å². The lowest BCUT2D eigenvalue weighted by atomic mass is 10.4. The molecule has 1 aromatic carbocycles. The van der Waals surface area contributed by atoms with Gasteiger partial charge in [-0.25, -0.2) is 22.5 Å². The summed E-state index contributed by atoms with van der Waals surface area (Å²) in [6.45, 7) is 0.111. The third-order valence-electron chi connectivity index (χ3n) is 2.13. The number of halogens is 1. The first kappa shape index (κ1) is 11.7. The second-order valence-corrected chi connectivity index (χ2v) is 5.12. The summed E-state index contributed by atoms with van der Waals surface area (Å²) in [6, 6.07) is 4.63. The molecule has 1 aromatic heterocycles. The van der Waals surface area contributed by atoms with E-state index in [1.807, 2.05) is 0 Å². The van der Waals surface area contributed by atoms with Crippen molar-refractivity contribution in [2.75, 3.05) is 0 Å². The molecule has 7 heteroatoms. The van der Waals surface area contributed by atoms with Crippen molar-refractivity contribution in [3.8, 4) is 0 Å². The largest absolute Gasteiger partial charge is 0.347 e. The van der Waals surface area contributed by atoms with Crippen molar-refractivity contribution < 1.29 is 12.8 Å². The number of benzene rings is 1. The lowest BCUT2D eigenvalue weighted by Crippen LogP contribution is -2.23. The van der Waals surface area contributed by atoms with Crippen LogP contribution in [0.2, 0.25) is 0 Å². The fraction of sp³-hybridized carbons (Fsp3) is 0.100. The van der Waals surface area contributed by atoms with Crippen LogP contribution in [-0.2, 0) is 16.6 Å². The molecule has 17 heavy (non-hydrogen) atoms. The van der Waals surface area contributed by atoms with E-state index in [0.29, 0.717) is 5.69 Å². The molecule has 0 aliphatic heterocycles. The maximum atomic E-state index is 12.7. The van der Waals surface area contributed by atoms with Gasteiger partial charge in [0.15, 0.2) is 0 Å². The summed E-state index contributed by atoms with van der Waals surface area (Å²) in [6.07, 6.45) is 2.98. The number of aromatic amines is 1. The van der Waals surface area contributed by atoms with Crippen LogP contribution in [0, 0.1) is 5.82 Å². The molecule has 0 radical (unpaired) electrons. The van der Waals surface area contributed by atoms with Gasteiger partial charge in [-0.15, -0.1) is 0 Å². The van der Waals surface area contributed by atoms with Gasteiger partial charge in [0.05, 0.1) is 17.8 Å². The summed E-state index contributed by atoms with van der Waals surface area (Å²) in [5, 5.41) is 0. The summed E-state index contributed by atoms with van der Waals surface area (Å²) in [5.41, 5.74) is 0.649. The fourth-order valence-electron chi connectivity index (χ4n) is 1.25. The average Bonchev–Trinajstić information content (AvgIpc) is 2.80. The molecule has 0 fully saturated rings.